The summed E-state index contributed by atoms with van der Waals surface area (Å²) in [7, 11) is 1.58. The lowest BCUT2D eigenvalue weighted by atomic mass is 10.2. The number of methoxy groups -OCH3 is 1. The highest BCUT2D eigenvalue weighted by atomic mass is 16.5. The molecule has 1 aliphatic rings. The number of carbonyl (C=O) groups excluding carboxylic acids is 1. The summed E-state index contributed by atoms with van der Waals surface area (Å²) in [4.78, 5) is 22.5. The molecule has 1 aromatic carbocycles. The van der Waals surface area contributed by atoms with Gasteiger partial charge >= 0.3 is 0 Å². The summed E-state index contributed by atoms with van der Waals surface area (Å²) < 4.78 is 11.0. The zero-order valence-corrected chi connectivity index (χ0v) is 11.9. The minimum absolute atomic E-state index is 0.156. The van der Waals surface area contributed by atoms with E-state index in [4.69, 9.17) is 9.15 Å². The average molecular weight is 295 g/mol. The van der Waals surface area contributed by atoms with Crippen molar-refractivity contribution in [2.45, 2.75) is 13.1 Å². The molecule has 0 unspecified atom stereocenters. The number of fused-ring (bicyclic) bond motifs is 2. The molecule has 0 bridgehead atoms. The van der Waals surface area contributed by atoms with Gasteiger partial charge in [0.25, 0.3) is 5.91 Å². The molecule has 0 radical (unpaired) electrons. The van der Waals surface area contributed by atoms with E-state index in [9.17, 15) is 4.79 Å². The van der Waals surface area contributed by atoms with E-state index in [2.05, 4.69) is 9.97 Å². The third-order valence-corrected chi connectivity index (χ3v) is 3.81. The number of amides is 1. The zero-order valence-electron chi connectivity index (χ0n) is 11.9. The lowest BCUT2D eigenvalue weighted by Gasteiger charge is -2.12. The van der Waals surface area contributed by atoms with Crippen LogP contribution in [0.5, 0.6) is 5.75 Å². The molecular formula is C16H13N3O3. The SMILES string of the molecule is COc1cccc2cc(C(=O)N3Cc4cncnc4C3)oc12. The Morgan fingerprint density at radius 2 is 2.27 bits per heavy atom. The summed E-state index contributed by atoms with van der Waals surface area (Å²) in [5.74, 6) is 0.767. The number of benzene rings is 1. The Bertz CT molecular complexity index is 847. The van der Waals surface area contributed by atoms with Gasteiger partial charge in [-0.2, -0.15) is 0 Å². The maximum Gasteiger partial charge on any atom is 0.290 e. The van der Waals surface area contributed by atoms with Crippen molar-refractivity contribution < 1.29 is 13.9 Å². The van der Waals surface area contributed by atoms with Crippen LogP contribution in [-0.4, -0.2) is 27.9 Å². The van der Waals surface area contributed by atoms with Crippen LogP contribution >= 0.6 is 0 Å². The molecule has 1 amide bonds. The van der Waals surface area contributed by atoms with E-state index in [-0.39, 0.29) is 5.91 Å². The van der Waals surface area contributed by atoms with E-state index < -0.39 is 0 Å². The molecule has 6 nitrogen and oxygen atoms in total. The monoisotopic (exact) mass is 295 g/mol. The van der Waals surface area contributed by atoms with Gasteiger partial charge in [0.1, 0.15) is 6.33 Å². The summed E-state index contributed by atoms with van der Waals surface area (Å²) in [6, 6.07) is 7.31. The van der Waals surface area contributed by atoms with E-state index in [1.165, 1.54) is 6.33 Å². The first-order valence-corrected chi connectivity index (χ1v) is 6.90. The molecule has 0 atom stereocenters. The number of para-hydroxylation sites is 1. The molecule has 2 aromatic heterocycles. The summed E-state index contributed by atoms with van der Waals surface area (Å²) in [6.45, 7) is 0.980. The maximum atomic E-state index is 12.6. The van der Waals surface area contributed by atoms with Crippen molar-refractivity contribution >= 4 is 16.9 Å². The third-order valence-electron chi connectivity index (χ3n) is 3.81. The highest BCUT2D eigenvalue weighted by molar-refractivity contribution is 5.97. The minimum Gasteiger partial charge on any atom is -0.493 e. The van der Waals surface area contributed by atoms with E-state index in [0.717, 1.165) is 16.6 Å². The molecule has 6 heteroatoms. The van der Waals surface area contributed by atoms with E-state index in [1.807, 2.05) is 12.1 Å². The smallest absolute Gasteiger partial charge is 0.290 e. The Balaban J connectivity index is 1.67. The van der Waals surface area contributed by atoms with Crippen molar-refractivity contribution in [3.8, 4) is 5.75 Å². The van der Waals surface area contributed by atoms with Crippen molar-refractivity contribution in [3.05, 3.63) is 53.8 Å². The first kappa shape index (κ1) is 12.8. The van der Waals surface area contributed by atoms with E-state index in [0.29, 0.717) is 30.2 Å². The van der Waals surface area contributed by atoms with Crippen LogP contribution in [0.1, 0.15) is 21.8 Å². The lowest BCUT2D eigenvalue weighted by Crippen LogP contribution is -2.24. The molecule has 0 fully saturated rings. The van der Waals surface area contributed by atoms with Crippen LogP contribution < -0.4 is 4.74 Å². The van der Waals surface area contributed by atoms with Crippen LogP contribution in [0, 0.1) is 0 Å². The number of nitrogens with zero attached hydrogens (tertiary/aromatic N) is 3. The molecular weight excluding hydrogens is 282 g/mol. The van der Waals surface area contributed by atoms with Crippen molar-refractivity contribution in [1.82, 2.24) is 14.9 Å². The van der Waals surface area contributed by atoms with Crippen LogP contribution in [0.4, 0.5) is 0 Å². The summed E-state index contributed by atoms with van der Waals surface area (Å²) in [5.41, 5.74) is 2.45. The van der Waals surface area contributed by atoms with Crippen LogP contribution in [0.2, 0.25) is 0 Å². The van der Waals surface area contributed by atoms with E-state index in [1.54, 1.807) is 30.3 Å². The number of hydrogen-bond acceptors (Lipinski definition) is 5. The molecule has 1 aliphatic heterocycles. The largest absolute Gasteiger partial charge is 0.493 e. The number of hydrogen-bond donors (Lipinski definition) is 0. The predicted molar refractivity (Wildman–Crippen MR) is 78.4 cm³/mol. The second-order valence-electron chi connectivity index (χ2n) is 5.15. The van der Waals surface area contributed by atoms with Crippen molar-refractivity contribution in [1.29, 1.82) is 0 Å². The Kier molecular flexibility index (Phi) is 2.82. The molecule has 3 heterocycles. The highest BCUT2D eigenvalue weighted by Gasteiger charge is 2.27. The Morgan fingerprint density at radius 3 is 3.09 bits per heavy atom. The molecule has 0 saturated carbocycles. The fourth-order valence-electron chi connectivity index (χ4n) is 2.70. The summed E-state index contributed by atoms with van der Waals surface area (Å²) in [5, 5.41) is 0.846. The number of ether oxygens (including phenoxy) is 1. The minimum atomic E-state index is -0.156. The highest BCUT2D eigenvalue weighted by Crippen LogP contribution is 2.30. The molecule has 0 N–H and O–H groups in total. The second kappa shape index (κ2) is 4.84. The molecule has 22 heavy (non-hydrogen) atoms. The fraction of sp³-hybridized carbons (Fsp3) is 0.188. The molecule has 0 spiro atoms. The Hall–Kier alpha value is -2.89. The molecule has 3 aromatic rings. The van der Waals surface area contributed by atoms with Crippen LogP contribution in [0.25, 0.3) is 11.0 Å². The van der Waals surface area contributed by atoms with Gasteiger partial charge in [0.15, 0.2) is 17.1 Å². The van der Waals surface area contributed by atoms with Crippen molar-refractivity contribution in [2.24, 2.45) is 0 Å². The van der Waals surface area contributed by atoms with Gasteiger partial charge in [-0.1, -0.05) is 12.1 Å². The third kappa shape index (κ3) is 1.92. The topological polar surface area (TPSA) is 68.5 Å². The quantitative estimate of drug-likeness (QED) is 0.726. The van der Waals surface area contributed by atoms with Crippen LogP contribution in [0.15, 0.2) is 41.2 Å². The van der Waals surface area contributed by atoms with Gasteiger partial charge in [-0.05, 0) is 12.1 Å². The van der Waals surface area contributed by atoms with Crippen molar-refractivity contribution in [3.63, 3.8) is 0 Å². The lowest BCUT2D eigenvalue weighted by molar-refractivity contribution is 0.0720. The van der Waals surface area contributed by atoms with Crippen molar-refractivity contribution in [2.75, 3.05) is 7.11 Å². The maximum absolute atomic E-state index is 12.6. The van der Waals surface area contributed by atoms with Gasteiger partial charge in [-0.15, -0.1) is 0 Å². The van der Waals surface area contributed by atoms with Crippen LogP contribution in [0.3, 0.4) is 0 Å². The predicted octanol–water partition coefficient (Wildman–Crippen LogP) is 2.39. The molecule has 0 aliphatic carbocycles. The molecule has 110 valence electrons. The Morgan fingerprint density at radius 1 is 1.36 bits per heavy atom. The summed E-state index contributed by atoms with van der Waals surface area (Å²) >= 11 is 0. The summed E-state index contributed by atoms with van der Waals surface area (Å²) in [6.07, 6.45) is 3.25. The van der Waals surface area contributed by atoms with Gasteiger partial charge in [-0.3, -0.25) is 4.79 Å². The van der Waals surface area contributed by atoms with Crippen LogP contribution in [-0.2, 0) is 13.1 Å². The first-order chi connectivity index (χ1) is 10.8. The standard InChI is InChI=1S/C16H13N3O3/c1-21-13-4-2-3-10-5-14(22-15(10)13)16(20)19-7-11-6-17-9-18-12(11)8-19/h2-6,9H,7-8H2,1H3. The fourth-order valence-corrected chi connectivity index (χ4v) is 2.70. The average Bonchev–Trinajstić information content (AvgIpc) is 3.17. The Labute approximate surface area is 126 Å². The number of furan rings is 1. The van der Waals surface area contributed by atoms with E-state index >= 15 is 0 Å². The van der Waals surface area contributed by atoms with Gasteiger partial charge in [0.2, 0.25) is 0 Å². The first-order valence-electron chi connectivity index (χ1n) is 6.90. The molecule has 0 saturated heterocycles. The van der Waals surface area contributed by atoms with Gasteiger partial charge < -0.3 is 14.1 Å². The normalized spacial score (nSPS) is 13.4. The number of carbonyl (C=O) groups is 1. The van der Waals surface area contributed by atoms with Gasteiger partial charge in [0, 0.05) is 23.7 Å². The van der Waals surface area contributed by atoms with Gasteiger partial charge in [-0.25, -0.2) is 9.97 Å². The zero-order chi connectivity index (χ0) is 15.1. The second-order valence-corrected chi connectivity index (χ2v) is 5.15. The number of rotatable bonds is 2. The number of aromatic nitrogens is 2. The van der Waals surface area contributed by atoms with Gasteiger partial charge in [0.05, 0.1) is 19.3 Å². The molecule has 4 rings (SSSR count).